The van der Waals surface area contributed by atoms with Gasteiger partial charge in [0.15, 0.2) is 0 Å². The van der Waals surface area contributed by atoms with Crippen LogP contribution in [0.3, 0.4) is 0 Å². The van der Waals surface area contributed by atoms with Crippen molar-refractivity contribution in [1.29, 1.82) is 0 Å². The van der Waals surface area contributed by atoms with E-state index in [1.165, 1.54) is 41.3 Å². The Labute approximate surface area is 166 Å². The van der Waals surface area contributed by atoms with Gasteiger partial charge in [0.05, 0.1) is 5.41 Å². The molecule has 1 saturated carbocycles. The minimum absolute atomic E-state index is 0.102. The van der Waals surface area contributed by atoms with Crippen LogP contribution in [0.4, 0.5) is 14.5 Å². The second-order valence-electron chi connectivity index (χ2n) is 7.77. The lowest BCUT2D eigenvalue weighted by molar-refractivity contribution is -0.135. The molecule has 1 saturated heterocycles. The lowest BCUT2D eigenvalue weighted by Gasteiger charge is -2.36. The predicted molar refractivity (Wildman–Crippen MR) is 102 cm³/mol. The summed E-state index contributed by atoms with van der Waals surface area (Å²) in [6.07, 6.45) is 1.03. The van der Waals surface area contributed by atoms with Crippen LogP contribution in [0.2, 0.25) is 0 Å². The molecule has 1 aliphatic heterocycles. The Hall–Kier alpha value is -3.09. The molecule has 2 amide bonds. The molecular formula is C22H20F2N2O3. The highest BCUT2D eigenvalue weighted by Gasteiger charge is 2.52. The fourth-order valence-corrected chi connectivity index (χ4v) is 4.41. The van der Waals surface area contributed by atoms with Gasteiger partial charge < -0.3 is 10.2 Å². The summed E-state index contributed by atoms with van der Waals surface area (Å²) in [4.78, 5) is 39.5. The number of halogens is 2. The Morgan fingerprint density at radius 1 is 1.07 bits per heavy atom. The number of carbonyl (C=O) groups is 3. The minimum atomic E-state index is -0.901. The van der Waals surface area contributed by atoms with Crippen LogP contribution in [0.25, 0.3) is 0 Å². The largest absolute Gasteiger partial charge is 0.349 e. The van der Waals surface area contributed by atoms with Gasteiger partial charge in [-0.2, -0.15) is 0 Å². The molecule has 5 nitrogen and oxygen atoms in total. The number of nitrogens with one attached hydrogen (secondary N) is 1. The summed E-state index contributed by atoms with van der Waals surface area (Å²) in [6, 6.07) is 10.6. The highest BCUT2D eigenvalue weighted by atomic mass is 19.1. The van der Waals surface area contributed by atoms with Gasteiger partial charge in [0.25, 0.3) is 5.91 Å². The zero-order chi connectivity index (χ0) is 20.6. The first-order valence-corrected chi connectivity index (χ1v) is 9.52. The summed E-state index contributed by atoms with van der Waals surface area (Å²) < 4.78 is 27.0. The van der Waals surface area contributed by atoms with Crippen molar-refractivity contribution in [3.8, 4) is 0 Å². The molecule has 29 heavy (non-hydrogen) atoms. The molecule has 1 N–H and O–H groups in total. The summed E-state index contributed by atoms with van der Waals surface area (Å²) in [5.41, 5.74) is -0.275. The molecule has 150 valence electrons. The zero-order valence-electron chi connectivity index (χ0n) is 15.7. The number of hydrogen-bond donors (Lipinski definition) is 1. The van der Waals surface area contributed by atoms with Crippen molar-refractivity contribution >= 4 is 23.3 Å². The maximum absolute atomic E-state index is 13.6. The standard InChI is InChI=1S/C22H20F2N2O3/c23-15-4-1-3-14(9-15)20(28)25-17-11-19(27)13-22(12-17)7-8-26(21(22)29)18-6-2-5-16(24)10-18/h1-6,9-10,17H,7-8,11-13H2,(H,25,28)/t17-,22-/m1/s1. The lowest BCUT2D eigenvalue weighted by Crippen LogP contribution is -2.48. The first-order valence-electron chi connectivity index (χ1n) is 9.52. The van der Waals surface area contributed by atoms with Gasteiger partial charge in [-0.25, -0.2) is 8.78 Å². The Morgan fingerprint density at radius 2 is 1.79 bits per heavy atom. The molecule has 0 radical (unpaired) electrons. The number of rotatable bonds is 3. The van der Waals surface area contributed by atoms with Gasteiger partial charge in [0.2, 0.25) is 5.91 Å². The number of Topliss-reactive ketones (excluding diaryl/α,β-unsaturated/α-hetero) is 1. The van der Waals surface area contributed by atoms with E-state index in [-0.39, 0.29) is 30.1 Å². The van der Waals surface area contributed by atoms with Crippen molar-refractivity contribution in [3.05, 3.63) is 65.7 Å². The molecule has 2 aliphatic rings. The van der Waals surface area contributed by atoms with Crippen LogP contribution in [-0.2, 0) is 9.59 Å². The molecule has 0 aromatic heterocycles. The van der Waals surface area contributed by atoms with Crippen molar-refractivity contribution in [2.45, 2.75) is 31.7 Å². The highest BCUT2D eigenvalue weighted by molar-refractivity contribution is 6.03. The Balaban J connectivity index is 1.52. The fraction of sp³-hybridized carbons (Fsp3) is 0.318. The van der Waals surface area contributed by atoms with E-state index in [0.29, 0.717) is 25.1 Å². The molecular weight excluding hydrogens is 378 g/mol. The second kappa shape index (κ2) is 7.39. The number of amides is 2. The van der Waals surface area contributed by atoms with Gasteiger partial charge in [0, 0.05) is 36.7 Å². The average Bonchev–Trinajstić information content (AvgIpc) is 2.96. The molecule has 4 rings (SSSR count). The summed E-state index contributed by atoms with van der Waals surface area (Å²) in [7, 11) is 0. The SMILES string of the molecule is O=C1C[C@@H](NC(=O)c2cccc(F)c2)C[C@]2(CCN(c3cccc(F)c3)C2=O)C1. The molecule has 2 aromatic carbocycles. The molecule has 0 unspecified atom stereocenters. The van der Waals surface area contributed by atoms with Gasteiger partial charge in [-0.3, -0.25) is 14.4 Å². The summed E-state index contributed by atoms with van der Waals surface area (Å²) >= 11 is 0. The Bertz CT molecular complexity index is 994. The third-order valence-electron chi connectivity index (χ3n) is 5.70. The zero-order valence-corrected chi connectivity index (χ0v) is 15.7. The molecule has 2 aromatic rings. The maximum atomic E-state index is 13.6. The maximum Gasteiger partial charge on any atom is 0.251 e. The van der Waals surface area contributed by atoms with Crippen molar-refractivity contribution in [1.82, 2.24) is 5.32 Å². The first-order chi connectivity index (χ1) is 13.9. The van der Waals surface area contributed by atoms with Crippen molar-refractivity contribution < 1.29 is 23.2 Å². The normalized spacial score (nSPS) is 24.2. The number of benzene rings is 2. The van der Waals surface area contributed by atoms with Crippen LogP contribution < -0.4 is 10.2 Å². The summed E-state index contributed by atoms with van der Waals surface area (Å²) in [6.45, 7) is 0.389. The number of anilines is 1. The Morgan fingerprint density at radius 3 is 2.52 bits per heavy atom. The molecule has 0 bridgehead atoms. The fourth-order valence-electron chi connectivity index (χ4n) is 4.41. The quantitative estimate of drug-likeness (QED) is 0.863. The predicted octanol–water partition coefficient (Wildman–Crippen LogP) is 3.24. The van der Waals surface area contributed by atoms with Crippen molar-refractivity contribution in [3.63, 3.8) is 0 Å². The van der Waals surface area contributed by atoms with Crippen molar-refractivity contribution in [2.24, 2.45) is 5.41 Å². The van der Waals surface area contributed by atoms with Crippen LogP contribution in [-0.4, -0.2) is 30.2 Å². The highest BCUT2D eigenvalue weighted by Crippen LogP contribution is 2.45. The third-order valence-corrected chi connectivity index (χ3v) is 5.70. The lowest BCUT2D eigenvalue weighted by atomic mass is 9.70. The summed E-state index contributed by atoms with van der Waals surface area (Å²) in [5.74, 6) is -1.76. The van der Waals surface area contributed by atoms with E-state index in [2.05, 4.69) is 5.32 Å². The van der Waals surface area contributed by atoms with Gasteiger partial charge in [-0.05, 0) is 49.2 Å². The van der Waals surface area contributed by atoms with E-state index < -0.39 is 29.0 Å². The topological polar surface area (TPSA) is 66.5 Å². The van der Waals surface area contributed by atoms with Crippen LogP contribution >= 0.6 is 0 Å². The molecule has 2 atom stereocenters. The van der Waals surface area contributed by atoms with E-state index in [1.54, 1.807) is 6.07 Å². The molecule has 7 heteroatoms. The minimum Gasteiger partial charge on any atom is -0.349 e. The van der Waals surface area contributed by atoms with E-state index in [1.807, 2.05) is 0 Å². The molecule has 1 heterocycles. The van der Waals surface area contributed by atoms with Gasteiger partial charge in [-0.15, -0.1) is 0 Å². The first kappa shape index (κ1) is 19.2. The smallest absolute Gasteiger partial charge is 0.251 e. The molecule has 1 aliphatic carbocycles. The monoisotopic (exact) mass is 398 g/mol. The van der Waals surface area contributed by atoms with E-state index >= 15 is 0 Å². The molecule has 1 spiro atoms. The third kappa shape index (κ3) is 3.77. The number of carbonyl (C=O) groups excluding carboxylic acids is 3. The van der Waals surface area contributed by atoms with Crippen LogP contribution in [0.1, 0.15) is 36.0 Å². The Kier molecular flexibility index (Phi) is 4.90. The number of ketones is 1. The van der Waals surface area contributed by atoms with Crippen LogP contribution in [0, 0.1) is 17.0 Å². The van der Waals surface area contributed by atoms with Crippen LogP contribution in [0.15, 0.2) is 48.5 Å². The van der Waals surface area contributed by atoms with E-state index in [9.17, 15) is 23.2 Å². The van der Waals surface area contributed by atoms with Gasteiger partial charge in [-0.1, -0.05) is 12.1 Å². The average molecular weight is 398 g/mol. The molecule has 2 fully saturated rings. The van der Waals surface area contributed by atoms with Gasteiger partial charge >= 0.3 is 0 Å². The van der Waals surface area contributed by atoms with E-state index in [4.69, 9.17) is 0 Å². The van der Waals surface area contributed by atoms with Crippen molar-refractivity contribution in [2.75, 3.05) is 11.4 Å². The summed E-state index contributed by atoms with van der Waals surface area (Å²) in [5, 5.41) is 2.77. The van der Waals surface area contributed by atoms with E-state index in [0.717, 1.165) is 6.07 Å². The second-order valence-corrected chi connectivity index (χ2v) is 7.77. The number of nitrogens with zero attached hydrogens (tertiary/aromatic N) is 1. The number of hydrogen-bond acceptors (Lipinski definition) is 3. The van der Waals surface area contributed by atoms with Gasteiger partial charge in [0.1, 0.15) is 17.4 Å². The van der Waals surface area contributed by atoms with Crippen LogP contribution in [0.5, 0.6) is 0 Å².